The third kappa shape index (κ3) is 4.10. The van der Waals surface area contributed by atoms with Crippen molar-refractivity contribution in [2.45, 2.75) is 78.7 Å². The Labute approximate surface area is 214 Å². The van der Waals surface area contributed by atoms with E-state index in [1.165, 1.54) is 11.1 Å². The maximum atomic E-state index is 13.9. The van der Waals surface area contributed by atoms with Crippen LogP contribution in [0.5, 0.6) is 0 Å². The number of amides is 1. The molecule has 2 aromatic rings. The smallest absolute Gasteiger partial charge is 0.326 e. The van der Waals surface area contributed by atoms with Gasteiger partial charge in [-0.15, -0.1) is 0 Å². The molecule has 3 aliphatic rings. The first-order valence-electron chi connectivity index (χ1n) is 13.6. The molecule has 1 saturated carbocycles. The number of nitrogens with one attached hydrogen (secondary N) is 2. The molecular formula is C31H40N2O3. The number of H-pyrrole nitrogens is 1. The van der Waals surface area contributed by atoms with Crippen LogP contribution >= 0.6 is 0 Å². The zero-order valence-corrected chi connectivity index (χ0v) is 22.1. The van der Waals surface area contributed by atoms with Gasteiger partial charge in [-0.3, -0.25) is 4.79 Å². The molecule has 5 rings (SSSR count). The van der Waals surface area contributed by atoms with Crippen LogP contribution < -0.4 is 5.32 Å². The van der Waals surface area contributed by atoms with Crippen LogP contribution in [0.25, 0.3) is 10.9 Å². The number of benzene rings is 1. The second-order valence-corrected chi connectivity index (χ2v) is 12.2. The van der Waals surface area contributed by atoms with E-state index >= 15 is 0 Å². The number of aromatic amines is 1. The first kappa shape index (κ1) is 24.9. The van der Waals surface area contributed by atoms with E-state index in [0.29, 0.717) is 11.8 Å². The number of carboxylic acids is 1. The number of aromatic nitrogens is 1. The van der Waals surface area contributed by atoms with Crippen LogP contribution in [0.4, 0.5) is 0 Å². The monoisotopic (exact) mass is 488 g/mol. The first-order valence-corrected chi connectivity index (χ1v) is 13.6. The highest BCUT2D eigenvalue weighted by Gasteiger charge is 2.57. The van der Waals surface area contributed by atoms with Crippen LogP contribution in [0.15, 0.2) is 53.8 Å². The molecule has 1 amide bonds. The summed E-state index contributed by atoms with van der Waals surface area (Å²) in [5.41, 5.74) is 4.38. The number of carboxylic acid groups (broad SMARTS) is 1. The van der Waals surface area contributed by atoms with Gasteiger partial charge in [0, 0.05) is 23.5 Å². The fourth-order valence-corrected chi connectivity index (χ4v) is 7.66. The molecule has 192 valence electrons. The normalized spacial score (nSPS) is 30.7. The SMILES string of the molecule is CC(C)C1=CC2=CC[C@@H]3[C@](C)(CCC[C@@]3(C)C(=O)N[C@@H](Cc3c[nH]c4ccccc34)C(=O)O)[C@H]2CC1. The topological polar surface area (TPSA) is 82.2 Å². The Bertz CT molecular complexity index is 1240. The molecule has 3 aliphatic carbocycles. The number of hydrogen-bond acceptors (Lipinski definition) is 2. The molecule has 0 saturated heterocycles. The first-order chi connectivity index (χ1) is 17.1. The lowest BCUT2D eigenvalue weighted by Gasteiger charge is -2.57. The zero-order chi connectivity index (χ0) is 25.7. The Kier molecular flexibility index (Phi) is 6.38. The van der Waals surface area contributed by atoms with E-state index in [1.54, 1.807) is 0 Å². The summed E-state index contributed by atoms with van der Waals surface area (Å²) < 4.78 is 0. The minimum atomic E-state index is -0.986. The second kappa shape index (κ2) is 9.24. The van der Waals surface area contributed by atoms with Gasteiger partial charge >= 0.3 is 5.97 Å². The van der Waals surface area contributed by atoms with Crippen molar-refractivity contribution in [2.75, 3.05) is 0 Å². The van der Waals surface area contributed by atoms with Crippen LogP contribution in [0, 0.1) is 28.6 Å². The van der Waals surface area contributed by atoms with Gasteiger partial charge in [0.05, 0.1) is 5.41 Å². The Balaban J connectivity index is 1.39. The number of carbonyl (C=O) groups is 2. The summed E-state index contributed by atoms with van der Waals surface area (Å²) in [6.45, 7) is 9.04. The molecule has 1 heterocycles. The lowest BCUT2D eigenvalue weighted by molar-refractivity contribution is -0.150. The van der Waals surface area contributed by atoms with Crippen molar-refractivity contribution in [1.29, 1.82) is 0 Å². The summed E-state index contributed by atoms with van der Waals surface area (Å²) in [5.74, 6) is 0.179. The maximum absolute atomic E-state index is 13.9. The average molecular weight is 489 g/mol. The number of carbonyl (C=O) groups excluding carboxylic acids is 1. The summed E-state index contributed by atoms with van der Waals surface area (Å²) in [7, 11) is 0. The molecule has 1 fully saturated rings. The minimum absolute atomic E-state index is 0.0585. The third-order valence-corrected chi connectivity index (χ3v) is 9.80. The van der Waals surface area contributed by atoms with Crippen molar-refractivity contribution >= 4 is 22.8 Å². The van der Waals surface area contributed by atoms with E-state index in [2.05, 4.69) is 50.1 Å². The lowest BCUT2D eigenvalue weighted by Crippen LogP contribution is -2.57. The van der Waals surface area contributed by atoms with Crippen LogP contribution in [-0.2, 0) is 16.0 Å². The molecule has 0 bridgehead atoms. The molecule has 1 aromatic carbocycles. The average Bonchev–Trinajstić information content (AvgIpc) is 3.26. The minimum Gasteiger partial charge on any atom is -0.480 e. The van der Waals surface area contributed by atoms with Crippen LogP contribution in [-0.4, -0.2) is 28.0 Å². The van der Waals surface area contributed by atoms with Gasteiger partial charge in [0.2, 0.25) is 5.91 Å². The molecule has 5 nitrogen and oxygen atoms in total. The van der Waals surface area contributed by atoms with Gasteiger partial charge in [-0.05, 0) is 72.5 Å². The molecule has 5 atom stereocenters. The van der Waals surface area contributed by atoms with E-state index < -0.39 is 17.4 Å². The van der Waals surface area contributed by atoms with Gasteiger partial charge in [0.1, 0.15) is 6.04 Å². The van der Waals surface area contributed by atoms with E-state index in [4.69, 9.17) is 0 Å². The number of hydrogen-bond donors (Lipinski definition) is 3. The number of fused-ring (bicyclic) bond motifs is 4. The summed E-state index contributed by atoms with van der Waals surface area (Å²) >= 11 is 0. The second-order valence-electron chi connectivity index (χ2n) is 12.2. The standard InChI is InChI=1S/C31H40N2O3/c1-19(2)20-10-12-24-21(16-20)11-13-27-30(24,3)14-7-15-31(27,4)29(36)33-26(28(34)35)17-22-18-32-25-9-6-5-8-23(22)25/h5-6,8-9,11,16,18-19,24,26-27,32H,7,10,12-15,17H2,1-4H3,(H,33,36)(H,34,35)/t24-,26-,27+,30+,31+/m0/s1. The zero-order valence-electron chi connectivity index (χ0n) is 22.1. The highest BCUT2D eigenvalue weighted by atomic mass is 16.4. The Morgan fingerprint density at radius 2 is 1.97 bits per heavy atom. The fourth-order valence-electron chi connectivity index (χ4n) is 7.66. The maximum Gasteiger partial charge on any atom is 0.326 e. The molecule has 1 aromatic heterocycles. The largest absolute Gasteiger partial charge is 0.480 e. The van der Waals surface area contributed by atoms with Gasteiger partial charge in [-0.2, -0.15) is 0 Å². The molecular weight excluding hydrogens is 448 g/mol. The van der Waals surface area contributed by atoms with Gasteiger partial charge in [0.25, 0.3) is 0 Å². The van der Waals surface area contributed by atoms with Crippen LogP contribution in [0.3, 0.4) is 0 Å². The van der Waals surface area contributed by atoms with Gasteiger partial charge < -0.3 is 15.4 Å². The van der Waals surface area contributed by atoms with Crippen LogP contribution in [0.1, 0.15) is 71.8 Å². The van der Waals surface area contributed by atoms with Gasteiger partial charge in [-0.1, -0.05) is 70.0 Å². The molecule has 0 aliphatic heterocycles. The van der Waals surface area contributed by atoms with Crippen molar-refractivity contribution in [3.8, 4) is 0 Å². The predicted octanol–water partition coefficient (Wildman–Crippen LogP) is 6.42. The van der Waals surface area contributed by atoms with E-state index in [0.717, 1.165) is 55.0 Å². The van der Waals surface area contributed by atoms with Crippen molar-refractivity contribution < 1.29 is 14.7 Å². The summed E-state index contributed by atoms with van der Waals surface area (Å²) in [6, 6.07) is 6.92. The summed E-state index contributed by atoms with van der Waals surface area (Å²) in [6.07, 6.45) is 13.1. The van der Waals surface area contributed by atoms with Crippen molar-refractivity contribution in [2.24, 2.45) is 28.6 Å². The van der Waals surface area contributed by atoms with Crippen molar-refractivity contribution in [3.05, 3.63) is 59.3 Å². The Hall–Kier alpha value is -2.82. The number of para-hydroxylation sites is 1. The van der Waals surface area contributed by atoms with Gasteiger partial charge in [0.15, 0.2) is 0 Å². The van der Waals surface area contributed by atoms with Gasteiger partial charge in [-0.25, -0.2) is 4.79 Å². The van der Waals surface area contributed by atoms with Crippen LogP contribution in [0.2, 0.25) is 0 Å². The summed E-state index contributed by atoms with van der Waals surface area (Å²) in [4.78, 5) is 29.4. The molecule has 0 unspecified atom stereocenters. The Morgan fingerprint density at radius 1 is 1.19 bits per heavy atom. The van der Waals surface area contributed by atoms with Crippen molar-refractivity contribution in [3.63, 3.8) is 0 Å². The predicted molar refractivity (Wildman–Crippen MR) is 143 cm³/mol. The third-order valence-electron chi connectivity index (χ3n) is 9.80. The van der Waals surface area contributed by atoms with E-state index in [9.17, 15) is 14.7 Å². The highest BCUT2D eigenvalue weighted by Crippen LogP contribution is 2.62. The highest BCUT2D eigenvalue weighted by molar-refractivity contribution is 5.89. The quantitative estimate of drug-likeness (QED) is 0.439. The Morgan fingerprint density at radius 3 is 2.72 bits per heavy atom. The fraction of sp³-hybridized carbons (Fsp3) is 0.548. The molecule has 3 N–H and O–H groups in total. The van der Waals surface area contributed by atoms with Crippen molar-refractivity contribution in [1.82, 2.24) is 10.3 Å². The number of aliphatic carboxylic acids is 1. The molecule has 36 heavy (non-hydrogen) atoms. The number of allylic oxidation sites excluding steroid dienone is 4. The molecule has 5 heteroatoms. The molecule has 0 spiro atoms. The summed E-state index contributed by atoms with van der Waals surface area (Å²) in [5, 5.41) is 14.0. The van der Waals surface area contributed by atoms with E-state index in [1.807, 2.05) is 30.5 Å². The molecule has 0 radical (unpaired) electrons. The number of rotatable bonds is 6. The lowest BCUT2D eigenvalue weighted by atomic mass is 9.46. The van der Waals surface area contributed by atoms with E-state index in [-0.39, 0.29) is 23.7 Å².